The Morgan fingerprint density at radius 3 is 2.39 bits per heavy atom. The Kier molecular flexibility index (Phi) is 2.93. The largest absolute Gasteiger partial charge is 0.198 e. The number of hydrogen-bond donors (Lipinski definition) is 0. The van der Waals surface area contributed by atoms with Crippen LogP contribution in [0.25, 0.3) is 0 Å². The maximum Gasteiger partial charge on any atom is 0.0696 e. The average molecular weight is 253 g/mol. The second kappa shape index (κ2) is 4.59. The molecular formula is C16H15NS. The zero-order valence-corrected chi connectivity index (χ0v) is 11.0. The Labute approximate surface area is 112 Å². The van der Waals surface area contributed by atoms with Gasteiger partial charge in [-0.15, -0.1) is 11.3 Å². The van der Waals surface area contributed by atoms with Crippen LogP contribution in [-0.4, -0.2) is 0 Å². The number of aryl methyl sites for hydroxylation is 1. The normalized spacial score (nSPS) is 16.2. The lowest BCUT2D eigenvalue weighted by Gasteiger charge is -2.19. The van der Waals surface area contributed by atoms with Crippen LogP contribution < -0.4 is 0 Å². The third-order valence-corrected chi connectivity index (χ3v) is 4.78. The van der Waals surface area contributed by atoms with E-state index in [1.54, 1.807) is 11.3 Å². The van der Waals surface area contributed by atoms with Crippen molar-refractivity contribution in [3.63, 3.8) is 0 Å². The molecule has 3 rings (SSSR count). The first-order valence-corrected chi connectivity index (χ1v) is 7.20. The second-order valence-electron chi connectivity index (χ2n) is 5.09. The van der Waals surface area contributed by atoms with Crippen LogP contribution in [0.2, 0.25) is 0 Å². The summed E-state index contributed by atoms with van der Waals surface area (Å²) >= 11 is 1.79. The van der Waals surface area contributed by atoms with Gasteiger partial charge in [0.25, 0.3) is 0 Å². The van der Waals surface area contributed by atoms with Crippen LogP contribution in [0.15, 0.2) is 41.8 Å². The Bertz CT molecular complexity index is 552. The van der Waals surface area contributed by atoms with E-state index >= 15 is 0 Å². The molecular weight excluding hydrogens is 238 g/mol. The van der Waals surface area contributed by atoms with Crippen molar-refractivity contribution < 1.29 is 0 Å². The highest BCUT2D eigenvalue weighted by Crippen LogP contribution is 2.40. The Hall–Kier alpha value is -1.59. The van der Waals surface area contributed by atoms with Gasteiger partial charge < -0.3 is 0 Å². The van der Waals surface area contributed by atoms with E-state index in [2.05, 4.69) is 47.8 Å². The number of hydrogen-bond acceptors (Lipinski definition) is 2. The van der Waals surface area contributed by atoms with Gasteiger partial charge in [-0.05, 0) is 48.3 Å². The van der Waals surface area contributed by atoms with Crippen LogP contribution in [0.1, 0.15) is 22.4 Å². The van der Waals surface area contributed by atoms with Gasteiger partial charge in [-0.25, -0.2) is 0 Å². The van der Waals surface area contributed by atoms with Crippen molar-refractivity contribution in [2.75, 3.05) is 0 Å². The van der Waals surface area contributed by atoms with Crippen LogP contribution in [0.3, 0.4) is 0 Å². The Balaban J connectivity index is 1.76. The van der Waals surface area contributed by atoms with Crippen molar-refractivity contribution >= 4 is 11.3 Å². The van der Waals surface area contributed by atoms with Gasteiger partial charge in [0.1, 0.15) is 0 Å². The molecule has 0 saturated carbocycles. The summed E-state index contributed by atoms with van der Waals surface area (Å²) in [5, 5.41) is 11.7. The summed E-state index contributed by atoms with van der Waals surface area (Å²) < 4.78 is 0. The molecule has 2 aromatic rings. The quantitative estimate of drug-likeness (QED) is 0.811. The molecule has 1 heterocycles. The van der Waals surface area contributed by atoms with Crippen molar-refractivity contribution in [2.45, 2.75) is 25.7 Å². The molecule has 2 heteroatoms. The van der Waals surface area contributed by atoms with Crippen LogP contribution in [0, 0.1) is 16.7 Å². The van der Waals surface area contributed by atoms with Gasteiger partial charge in [0.2, 0.25) is 0 Å². The van der Waals surface area contributed by atoms with E-state index in [0.717, 1.165) is 25.7 Å². The van der Waals surface area contributed by atoms with E-state index in [9.17, 15) is 5.26 Å². The number of nitriles is 1. The van der Waals surface area contributed by atoms with Crippen molar-refractivity contribution in [1.29, 1.82) is 5.26 Å². The molecule has 0 amide bonds. The minimum atomic E-state index is -0.173. The molecule has 0 N–H and O–H groups in total. The highest BCUT2D eigenvalue weighted by molar-refractivity contribution is 7.09. The standard InChI is InChI=1S/C16H15NS/c17-12-16(8-7-15-6-3-9-18-15)10-13-4-1-2-5-14(13)11-16/h1-6,9H,7-8,10-11H2. The van der Waals surface area contributed by atoms with E-state index < -0.39 is 0 Å². The van der Waals surface area contributed by atoms with Crippen LogP contribution in [0.4, 0.5) is 0 Å². The van der Waals surface area contributed by atoms with Gasteiger partial charge in [-0.3, -0.25) is 0 Å². The van der Waals surface area contributed by atoms with Crippen LogP contribution in [-0.2, 0) is 19.3 Å². The first-order chi connectivity index (χ1) is 8.81. The summed E-state index contributed by atoms with van der Waals surface area (Å²) in [4.78, 5) is 1.39. The maximum atomic E-state index is 9.57. The number of benzene rings is 1. The summed E-state index contributed by atoms with van der Waals surface area (Å²) in [6.07, 6.45) is 3.84. The van der Waals surface area contributed by atoms with Crippen molar-refractivity contribution in [3.05, 3.63) is 57.8 Å². The van der Waals surface area contributed by atoms with Crippen LogP contribution in [0.5, 0.6) is 0 Å². The van der Waals surface area contributed by atoms with Crippen molar-refractivity contribution in [3.8, 4) is 6.07 Å². The molecule has 0 spiro atoms. The number of fused-ring (bicyclic) bond motifs is 1. The van der Waals surface area contributed by atoms with Crippen LogP contribution >= 0.6 is 11.3 Å². The highest BCUT2D eigenvalue weighted by atomic mass is 32.1. The van der Waals surface area contributed by atoms with Crippen molar-refractivity contribution in [2.24, 2.45) is 5.41 Å². The van der Waals surface area contributed by atoms with Gasteiger partial charge in [-0.1, -0.05) is 30.3 Å². The first-order valence-electron chi connectivity index (χ1n) is 6.32. The Morgan fingerprint density at radius 2 is 1.83 bits per heavy atom. The first kappa shape index (κ1) is 11.5. The maximum absolute atomic E-state index is 9.57. The molecule has 1 aromatic heterocycles. The summed E-state index contributed by atoms with van der Waals surface area (Å²) in [7, 11) is 0. The van der Waals surface area contributed by atoms with Gasteiger partial charge in [0.15, 0.2) is 0 Å². The third-order valence-electron chi connectivity index (χ3n) is 3.84. The predicted molar refractivity (Wildman–Crippen MR) is 74.5 cm³/mol. The topological polar surface area (TPSA) is 23.8 Å². The molecule has 1 nitrogen and oxygen atoms in total. The van der Waals surface area contributed by atoms with E-state index in [1.807, 2.05) is 0 Å². The molecule has 0 aliphatic heterocycles. The zero-order valence-electron chi connectivity index (χ0n) is 10.2. The molecule has 90 valence electrons. The lowest BCUT2D eigenvalue weighted by Crippen LogP contribution is -2.19. The fraction of sp³-hybridized carbons (Fsp3) is 0.312. The predicted octanol–water partition coefficient (Wildman–Crippen LogP) is 3.99. The summed E-state index contributed by atoms with van der Waals surface area (Å²) in [5.74, 6) is 0. The number of nitrogens with zero attached hydrogens (tertiary/aromatic N) is 1. The van der Waals surface area contributed by atoms with Gasteiger partial charge in [-0.2, -0.15) is 5.26 Å². The van der Waals surface area contributed by atoms with E-state index in [-0.39, 0.29) is 5.41 Å². The average Bonchev–Trinajstić information content (AvgIpc) is 3.03. The summed E-state index contributed by atoms with van der Waals surface area (Å²) in [5.41, 5.74) is 2.56. The molecule has 0 bridgehead atoms. The number of rotatable bonds is 3. The molecule has 0 saturated heterocycles. The minimum Gasteiger partial charge on any atom is -0.198 e. The minimum absolute atomic E-state index is 0.173. The lowest BCUT2D eigenvalue weighted by atomic mass is 9.81. The molecule has 0 fully saturated rings. The molecule has 0 unspecified atom stereocenters. The molecule has 1 aliphatic carbocycles. The molecule has 1 aliphatic rings. The third kappa shape index (κ3) is 2.07. The smallest absolute Gasteiger partial charge is 0.0696 e. The lowest BCUT2D eigenvalue weighted by molar-refractivity contribution is 0.387. The second-order valence-corrected chi connectivity index (χ2v) is 6.13. The number of thiophene rings is 1. The van der Waals surface area contributed by atoms with Crippen molar-refractivity contribution in [1.82, 2.24) is 0 Å². The van der Waals surface area contributed by atoms with Gasteiger partial charge >= 0.3 is 0 Å². The van der Waals surface area contributed by atoms with E-state index in [4.69, 9.17) is 0 Å². The molecule has 0 radical (unpaired) electrons. The van der Waals surface area contributed by atoms with Gasteiger partial charge in [0, 0.05) is 4.88 Å². The molecule has 18 heavy (non-hydrogen) atoms. The fourth-order valence-electron chi connectivity index (χ4n) is 2.82. The zero-order chi connectivity index (χ0) is 12.4. The van der Waals surface area contributed by atoms with E-state index in [1.165, 1.54) is 16.0 Å². The SMILES string of the molecule is N#CC1(CCc2cccs2)Cc2ccccc2C1. The van der Waals surface area contributed by atoms with E-state index in [0.29, 0.717) is 0 Å². The monoisotopic (exact) mass is 253 g/mol. The highest BCUT2D eigenvalue weighted by Gasteiger charge is 2.36. The molecule has 0 atom stereocenters. The Morgan fingerprint density at radius 1 is 1.11 bits per heavy atom. The molecule has 1 aromatic carbocycles. The fourth-order valence-corrected chi connectivity index (χ4v) is 3.53. The van der Waals surface area contributed by atoms with Gasteiger partial charge in [0.05, 0.1) is 11.5 Å². The summed E-state index contributed by atoms with van der Waals surface area (Å²) in [6.45, 7) is 0. The summed E-state index contributed by atoms with van der Waals surface area (Å²) in [6, 6.07) is 15.3.